The smallest absolute Gasteiger partial charge is 0.319 e. The van der Waals surface area contributed by atoms with E-state index in [1.807, 2.05) is 13.0 Å². The summed E-state index contributed by atoms with van der Waals surface area (Å²) in [4.78, 5) is 19.1. The Bertz CT molecular complexity index is 720. The maximum Gasteiger partial charge on any atom is 0.319 e. The molecule has 1 fully saturated rings. The summed E-state index contributed by atoms with van der Waals surface area (Å²) >= 11 is 0. The molecule has 0 unspecified atom stereocenters. The Morgan fingerprint density at radius 2 is 2.09 bits per heavy atom. The van der Waals surface area contributed by atoms with E-state index >= 15 is 0 Å². The molecule has 0 amide bonds. The first-order valence-corrected chi connectivity index (χ1v) is 6.92. The number of methoxy groups -OCH3 is 2. The molecule has 2 atom stereocenters. The highest BCUT2D eigenvalue weighted by molar-refractivity contribution is 5.66. The van der Waals surface area contributed by atoms with Gasteiger partial charge in [0.25, 0.3) is 0 Å². The van der Waals surface area contributed by atoms with Crippen molar-refractivity contribution >= 4 is 6.29 Å². The zero-order valence-corrected chi connectivity index (χ0v) is 12.6. The average Bonchev–Trinajstić information content (AvgIpc) is 3.34. The number of hydrogen-bond acceptors (Lipinski definition) is 7. The lowest BCUT2D eigenvalue weighted by molar-refractivity contribution is -0.108. The fourth-order valence-electron chi connectivity index (χ4n) is 2.48. The molecule has 0 saturated heterocycles. The van der Waals surface area contributed by atoms with Crippen molar-refractivity contribution in [3.8, 4) is 23.1 Å². The number of aldehydes is 1. The van der Waals surface area contributed by atoms with E-state index in [4.69, 9.17) is 9.47 Å². The Labute approximate surface area is 127 Å². The molecule has 1 aliphatic rings. The quantitative estimate of drug-likeness (QED) is 0.774. The molecule has 7 nitrogen and oxygen atoms in total. The van der Waals surface area contributed by atoms with E-state index < -0.39 is 0 Å². The monoisotopic (exact) mass is 300 g/mol. The van der Waals surface area contributed by atoms with Gasteiger partial charge in [-0.1, -0.05) is 0 Å². The molecule has 2 aromatic rings. The summed E-state index contributed by atoms with van der Waals surface area (Å²) in [7, 11) is 3.02. The molecule has 0 bridgehead atoms. The van der Waals surface area contributed by atoms with Gasteiger partial charge in [-0.3, -0.25) is 0 Å². The van der Waals surface area contributed by atoms with Gasteiger partial charge in [0.1, 0.15) is 12.0 Å². The van der Waals surface area contributed by atoms with Crippen LogP contribution in [-0.4, -0.2) is 40.7 Å². The van der Waals surface area contributed by atoms with Gasteiger partial charge in [-0.2, -0.15) is 10.1 Å². The van der Waals surface area contributed by atoms with Crippen LogP contribution in [0.5, 0.6) is 11.9 Å². The van der Waals surface area contributed by atoms with Gasteiger partial charge in [-0.25, -0.2) is 4.98 Å². The van der Waals surface area contributed by atoms with Crippen LogP contribution in [-0.2, 0) is 4.79 Å². The maximum atomic E-state index is 10.9. The van der Waals surface area contributed by atoms with Gasteiger partial charge in [0.2, 0.25) is 5.88 Å². The van der Waals surface area contributed by atoms with Gasteiger partial charge in [-0.15, -0.1) is 5.10 Å². The molecular formula is C15H16N4O3. The highest BCUT2D eigenvalue weighted by Gasteiger charge is 2.39. The third kappa shape index (κ3) is 2.49. The molecule has 0 spiro atoms. The molecule has 0 N–H and O–H groups in total. The normalized spacial score (nSPS) is 19.6. The molecule has 1 saturated carbocycles. The van der Waals surface area contributed by atoms with Crippen molar-refractivity contribution in [3.05, 3.63) is 23.5 Å². The van der Waals surface area contributed by atoms with Crippen molar-refractivity contribution in [2.45, 2.75) is 19.3 Å². The molecule has 114 valence electrons. The van der Waals surface area contributed by atoms with Crippen molar-refractivity contribution in [2.75, 3.05) is 14.2 Å². The van der Waals surface area contributed by atoms with Gasteiger partial charge in [-0.05, 0) is 30.9 Å². The molecule has 7 heteroatoms. The van der Waals surface area contributed by atoms with E-state index in [-0.39, 0.29) is 17.8 Å². The fraction of sp³-hybridized carbons (Fsp3) is 0.400. The van der Waals surface area contributed by atoms with Crippen LogP contribution in [0.3, 0.4) is 0 Å². The molecule has 2 heterocycles. The predicted octanol–water partition coefficient (Wildman–Crippen LogP) is 1.56. The third-order valence-corrected chi connectivity index (χ3v) is 3.82. The minimum atomic E-state index is 0.0877. The van der Waals surface area contributed by atoms with Crippen molar-refractivity contribution in [1.29, 1.82) is 0 Å². The molecule has 0 radical (unpaired) electrons. The minimum absolute atomic E-state index is 0.0877. The summed E-state index contributed by atoms with van der Waals surface area (Å²) in [5.74, 6) is 0.695. The van der Waals surface area contributed by atoms with Crippen molar-refractivity contribution in [1.82, 2.24) is 20.2 Å². The minimum Gasteiger partial charge on any atom is -0.480 e. The van der Waals surface area contributed by atoms with E-state index in [2.05, 4.69) is 20.2 Å². The number of hydrogen-bond donors (Lipinski definition) is 0. The van der Waals surface area contributed by atoms with Gasteiger partial charge in [0.15, 0.2) is 0 Å². The first-order valence-electron chi connectivity index (χ1n) is 6.92. The second kappa shape index (κ2) is 5.67. The van der Waals surface area contributed by atoms with Crippen LogP contribution in [0.2, 0.25) is 0 Å². The van der Waals surface area contributed by atoms with Gasteiger partial charge in [0.05, 0.1) is 25.5 Å². The van der Waals surface area contributed by atoms with Crippen molar-refractivity contribution in [3.63, 3.8) is 0 Å². The number of carbonyl (C=O) groups excluding carboxylic acids is 1. The molecule has 0 aliphatic heterocycles. The molecule has 2 aromatic heterocycles. The second-order valence-electron chi connectivity index (χ2n) is 5.19. The zero-order valence-electron chi connectivity index (χ0n) is 12.6. The molecular weight excluding hydrogens is 284 g/mol. The fourth-order valence-corrected chi connectivity index (χ4v) is 2.48. The zero-order chi connectivity index (χ0) is 15.7. The summed E-state index contributed by atoms with van der Waals surface area (Å²) in [6.07, 6.45) is 3.46. The summed E-state index contributed by atoms with van der Waals surface area (Å²) < 4.78 is 10.3. The second-order valence-corrected chi connectivity index (χ2v) is 5.19. The first-order chi connectivity index (χ1) is 10.7. The number of aromatic nitrogens is 4. The summed E-state index contributed by atoms with van der Waals surface area (Å²) in [5.41, 5.74) is 3.14. The van der Waals surface area contributed by atoms with Crippen LogP contribution in [0.15, 0.2) is 12.3 Å². The lowest BCUT2D eigenvalue weighted by Gasteiger charge is -2.09. The van der Waals surface area contributed by atoms with Crippen LogP contribution in [0, 0.1) is 12.8 Å². The highest BCUT2D eigenvalue weighted by atomic mass is 16.5. The van der Waals surface area contributed by atoms with Crippen LogP contribution in [0.4, 0.5) is 0 Å². The number of nitrogens with zero attached hydrogens (tertiary/aromatic N) is 4. The molecule has 0 aromatic carbocycles. The van der Waals surface area contributed by atoms with E-state index in [9.17, 15) is 4.79 Å². The highest BCUT2D eigenvalue weighted by Crippen LogP contribution is 2.47. The largest absolute Gasteiger partial charge is 0.480 e. The molecule has 3 rings (SSSR count). The molecule has 22 heavy (non-hydrogen) atoms. The first kappa shape index (κ1) is 14.4. The van der Waals surface area contributed by atoms with Crippen LogP contribution >= 0.6 is 0 Å². The Kier molecular flexibility index (Phi) is 3.70. The van der Waals surface area contributed by atoms with Crippen molar-refractivity contribution in [2.24, 2.45) is 5.92 Å². The lowest BCUT2D eigenvalue weighted by Crippen LogP contribution is -2.01. The van der Waals surface area contributed by atoms with E-state index in [1.165, 1.54) is 14.2 Å². The number of ether oxygens (including phenoxy) is 2. The Morgan fingerprint density at radius 3 is 2.73 bits per heavy atom. The van der Waals surface area contributed by atoms with Gasteiger partial charge in [0, 0.05) is 12.1 Å². The summed E-state index contributed by atoms with van der Waals surface area (Å²) in [5, 5.41) is 8.39. The summed E-state index contributed by atoms with van der Waals surface area (Å²) in [6.45, 7) is 1.90. The van der Waals surface area contributed by atoms with Crippen molar-refractivity contribution < 1.29 is 14.3 Å². The van der Waals surface area contributed by atoms with E-state index in [0.717, 1.165) is 24.0 Å². The standard InChI is InChI=1S/C15H16N4O3/c1-8-10(11-4-9(11)7-20)5-13(19-18-8)12-6-16-15(22-3)17-14(12)21-2/h5-7,9,11H,4H2,1-3H3/t9-,11+/m1/s1. The Hall–Kier alpha value is -2.57. The van der Waals surface area contributed by atoms with Crippen LogP contribution in [0.25, 0.3) is 11.3 Å². The Morgan fingerprint density at radius 1 is 1.27 bits per heavy atom. The maximum absolute atomic E-state index is 10.9. The number of carbonyl (C=O) groups is 1. The Balaban J connectivity index is 2.02. The van der Waals surface area contributed by atoms with Gasteiger partial charge < -0.3 is 14.3 Å². The van der Waals surface area contributed by atoms with Gasteiger partial charge >= 0.3 is 6.01 Å². The number of aryl methyl sites for hydroxylation is 1. The van der Waals surface area contributed by atoms with E-state index in [1.54, 1.807) is 6.20 Å². The summed E-state index contributed by atoms with van der Waals surface area (Å²) in [6, 6.07) is 2.16. The predicted molar refractivity (Wildman–Crippen MR) is 77.8 cm³/mol. The topological polar surface area (TPSA) is 87.1 Å². The lowest BCUT2D eigenvalue weighted by atomic mass is 10.1. The average molecular weight is 300 g/mol. The molecule has 1 aliphatic carbocycles. The third-order valence-electron chi connectivity index (χ3n) is 3.82. The van der Waals surface area contributed by atoms with Crippen LogP contribution < -0.4 is 9.47 Å². The van der Waals surface area contributed by atoms with Crippen LogP contribution in [0.1, 0.15) is 23.6 Å². The van der Waals surface area contributed by atoms with E-state index in [0.29, 0.717) is 17.1 Å². The SMILES string of the molecule is COc1ncc(-c2cc([C@H]3C[C@@H]3C=O)c(C)nn2)c(OC)n1. The number of rotatable bonds is 5.